The van der Waals surface area contributed by atoms with Crippen LogP contribution in [0.25, 0.3) is 16.9 Å². The second-order valence-electron chi connectivity index (χ2n) is 6.67. The number of non-ortho nitro benzene ring substituents is 1. The van der Waals surface area contributed by atoms with Gasteiger partial charge in [-0.1, -0.05) is 17.7 Å². The lowest BCUT2D eigenvalue weighted by Crippen LogP contribution is -2.29. The van der Waals surface area contributed by atoms with E-state index in [1.807, 2.05) is 32.0 Å². The predicted molar refractivity (Wildman–Crippen MR) is 109 cm³/mol. The van der Waals surface area contributed by atoms with Gasteiger partial charge in [0.2, 0.25) is 0 Å². The summed E-state index contributed by atoms with van der Waals surface area (Å²) < 4.78 is 6.59. The maximum atomic E-state index is 12.8. The van der Waals surface area contributed by atoms with Gasteiger partial charge in [-0.3, -0.25) is 14.9 Å². The summed E-state index contributed by atoms with van der Waals surface area (Å²) in [6, 6.07) is 13.7. The molecule has 0 spiro atoms. The molecule has 0 unspecified atom stereocenters. The molecule has 0 aliphatic carbocycles. The van der Waals surface area contributed by atoms with Gasteiger partial charge in [0, 0.05) is 31.4 Å². The van der Waals surface area contributed by atoms with Gasteiger partial charge in [0.25, 0.3) is 11.6 Å². The molecule has 29 heavy (non-hydrogen) atoms. The zero-order valence-electron chi connectivity index (χ0n) is 16.5. The number of hydrogen-bond acceptors (Lipinski definition) is 5. The fourth-order valence-corrected chi connectivity index (χ4v) is 3.02. The van der Waals surface area contributed by atoms with Gasteiger partial charge in [-0.25, -0.2) is 4.68 Å². The Labute approximate surface area is 168 Å². The highest BCUT2D eigenvalue weighted by atomic mass is 16.6. The largest absolute Gasteiger partial charge is 0.383 e. The van der Waals surface area contributed by atoms with Gasteiger partial charge in [0.1, 0.15) is 5.69 Å². The zero-order chi connectivity index (χ0) is 21.0. The standard InChI is InChI=1S/C21H22N4O4/c1-14-4-9-19(15(2)12-14)24-20(21(26)22-10-11-29-3)13-18(23-24)16-5-7-17(8-6-16)25(27)28/h4-9,12-13H,10-11H2,1-3H3,(H,22,26). The van der Waals surface area contributed by atoms with Crippen LogP contribution in [0.5, 0.6) is 0 Å². The van der Waals surface area contributed by atoms with Crippen LogP contribution in [-0.4, -0.2) is 40.9 Å². The zero-order valence-corrected chi connectivity index (χ0v) is 16.5. The average molecular weight is 394 g/mol. The molecule has 0 saturated carbocycles. The number of nitro benzene ring substituents is 1. The Kier molecular flexibility index (Phi) is 6.04. The Bertz CT molecular complexity index is 1040. The summed E-state index contributed by atoms with van der Waals surface area (Å²) in [5, 5.41) is 18.3. The summed E-state index contributed by atoms with van der Waals surface area (Å²) in [6.45, 7) is 4.74. The van der Waals surface area contributed by atoms with Crippen LogP contribution in [0.1, 0.15) is 21.6 Å². The number of methoxy groups -OCH3 is 1. The van der Waals surface area contributed by atoms with Crippen LogP contribution in [0, 0.1) is 24.0 Å². The van der Waals surface area contributed by atoms with Crippen molar-refractivity contribution in [3.8, 4) is 16.9 Å². The second kappa shape index (κ2) is 8.66. The summed E-state index contributed by atoms with van der Waals surface area (Å²) in [5.74, 6) is -0.275. The predicted octanol–water partition coefficient (Wildman–Crippen LogP) is 3.44. The lowest BCUT2D eigenvalue weighted by molar-refractivity contribution is -0.384. The normalized spacial score (nSPS) is 10.7. The minimum absolute atomic E-state index is 0.0000869. The molecule has 1 amide bonds. The molecule has 0 aliphatic heterocycles. The number of aromatic nitrogens is 2. The topological polar surface area (TPSA) is 99.3 Å². The van der Waals surface area contributed by atoms with Gasteiger partial charge in [0.15, 0.2) is 0 Å². The van der Waals surface area contributed by atoms with Gasteiger partial charge in [-0.15, -0.1) is 0 Å². The highest BCUT2D eigenvalue weighted by molar-refractivity contribution is 5.94. The van der Waals surface area contributed by atoms with E-state index in [1.54, 1.807) is 30.0 Å². The number of rotatable bonds is 7. The molecule has 0 bridgehead atoms. The number of carbonyl (C=O) groups excluding carboxylic acids is 1. The molecular formula is C21H22N4O4. The highest BCUT2D eigenvalue weighted by Gasteiger charge is 2.19. The number of carbonyl (C=O) groups is 1. The van der Waals surface area contributed by atoms with E-state index in [0.717, 1.165) is 16.8 Å². The summed E-state index contributed by atoms with van der Waals surface area (Å²) in [6.07, 6.45) is 0. The van der Waals surface area contributed by atoms with Gasteiger partial charge in [0.05, 0.1) is 22.9 Å². The number of nitrogens with zero attached hydrogens (tertiary/aromatic N) is 3. The second-order valence-corrected chi connectivity index (χ2v) is 6.67. The molecule has 0 saturated heterocycles. The van der Waals surface area contributed by atoms with E-state index in [-0.39, 0.29) is 11.6 Å². The van der Waals surface area contributed by atoms with Crippen molar-refractivity contribution in [1.29, 1.82) is 0 Å². The van der Waals surface area contributed by atoms with E-state index in [0.29, 0.717) is 30.1 Å². The van der Waals surface area contributed by atoms with E-state index in [4.69, 9.17) is 4.74 Å². The first-order valence-electron chi connectivity index (χ1n) is 9.10. The van der Waals surface area contributed by atoms with Gasteiger partial charge in [-0.05, 0) is 43.7 Å². The fourth-order valence-electron chi connectivity index (χ4n) is 3.02. The van der Waals surface area contributed by atoms with Crippen LogP contribution >= 0.6 is 0 Å². The lowest BCUT2D eigenvalue weighted by Gasteiger charge is -2.11. The Morgan fingerprint density at radius 2 is 1.90 bits per heavy atom. The highest BCUT2D eigenvalue weighted by Crippen LogP contribution is 2.25. The summed E-state index contributed by atoms with van der Waals surface area (Å²) in [4.78, 5) is 23.2. The summed E-state index contributed by atoms with van der Waals surface area (Å²) in [5.41, 5.74) is 4.50. The number of amides is 1. The van der Waals surface area contributed by atoms with Gasteiger partial charge >= 0.3 is 0 Å². The third-order valence-corrected chi connectivity index (χ3v) is 4.49. The van der Waals surface area contributed by atoms with Crippen LogP contribution in [0.2, 0.25) is 0 Å². The summed E-state index contributed by atoms with van der Waals surface area (Å²) in [7, 11) is 1.57. The monoisotopic (exact) mass is 394 g/mol. The van der Waals surface area contributed by atoms with E-state index >= 15 is 0 Å². The van der Waals surface area contributed by atoms with Gasteiger partial charge < -0.3 is 10.1 Å². The molecule has 150 valence electrons. The first-order valence-corrected chi connectivity index (χ1v) is 9.10. The van der Waals surface area contributed by atoms with Crippen molar-refractivity contribution in [2.75, 3.05) is 20.3 Å². The van der Waals surface area contributed by atoms with Crippen LogP contribution in [-0.2, 0) is 4.74 Å². The average Bonchev–Trinajstić information content (AvgIpc) is 3.13. The molecule has 1 N–H and O–H groups in total. The van der Waals surface area contributed by atoms with Crippen LogP contribution in [0.3, 0.4) is 0 Å². The number of aryl methyl sites for hydroxylation is 2. The molecule has 8 nitrogen and oxygen atoms in total. The molecule has 3 aromatic rings. The Morgan fingerprint density at radius 1 is 1.17 bits per heavy atom. The van der Waals surface area contributed by atoms with Gasteiger partial charge in [-0.2, -0.15) is 5.10 Å². The van der Waals surface area contributed by atoms with Crippen molar-refractivity contribution in [3.05, 3.63) is 75.5 Å². The van der Waals surface area contributed by atoms with Crippen LogP contribution in [0.15, 0.2) is 48.5 Å². The number of ether oxygens (including phenoxy) is 1. The van der Waals surface area contributed by atoms with E-state index in [2.05, 4.69) is 10.4 Å². The first-order chi connectivity index (χ1) is 13.9. The maximum Gasteiger partial charge on any atom is 0.270 e. The molecule has 0 radical (unpaired) electrons. The van der Waals surface area contributed by atoms with Crippen molar-refractivity contribution in [3.63, 3.8) is 0 Å². The Hall–Kier alpha value is -3.52. The van der Waals surface area contributed by atoms with Crippen molar-refractivity contribution < 1.29 is 14.5 Å². The Balaban J connectivity index is 2.05. The van der Waals surface area contributed by atoms with Crippen molar-refractivity contribution >= 4 is 11.6 Å². The van der Waals surface area contributed by atoms with Crippen molar-refractivity contribution in [2.24, 2.45) is 0 Å². The fraction of sp³-hybridized carbons (Fsp3) is 0.238. The molecule has 1 aromatic heterocycles. The molecule has 2 aromatic carbocycles. The van der Waals surface area contributed by atoms with Crippen molar-refractivity contribution in [1.82, 2.24) is 15.1 Å². The third-order valence-electron chi connectivity index (χ3n) is 4.49. The number of benzene rings is 2. The maximum absolute atomic E-state index is 12.8. The number of hydrogen-bond donors (Lipinski definition) is 1. The van der Waals surface area contributed by atoms with Crippen LogP contribution < -0.4 is 5.32 Å². The third kappa shape index (κ3) is 4.49. The first kappa shape index (κ1) is 20.2. The molecule has 8 heteroatoms. The number of nitrogens with one attached hydrogen (secondary N) is 1. The molecule has 0 fully saturated rings. The smallest absolute Gasteiger partial charge is 0.270 e. The molecule has 0 aliphatic rings. The van der Waals surface area contributed by atoms with Crippen LogP contribution in [0.4, 0.5) is 5.69 Å². The molecular weight excluding hydrogens is 372 g/mol. The summed E-state index contributed by atoms with van der Waals surface area (Å²) >= 11 is 0. The molecule has 3 rings (SSSR count). The Morgan fingerprint density at radius 3 is 2.52 bits per heavy atom. The molecule has 0 atom stereocenters. The van der Waals surface area contributed by atoms with E-state index < -0.39 is 4.92 Å². The number of nitro groups is 1. The van der Waals surface area contributed by atoms with E-state index in [1.165, 1.54) is 12.1 Å². The van der Waals surface area contributed by atoms with Crippen molar-refractivity contribution in [2.45, 2.75) is 13.8 Å². The van der Waals surface area contributed by atoms with E-state index in [9.17, 15) is 14.9 Å². The minimum Gasteiger partial charge on any atom is -0.383 e. The molecule has 1 heterocycles. The quantitative estimate of drug-likeness (QED) is 0.376. The minimum atomic E-state index is -0.452. The lowest BCUT2D eigenvalue weighted by atomic mass is 10.1. The SMILES string of the molecule is COCCNC(=O)c1cc(-c2ccc([N+](=O)[O-])cc2)nn1-c1ccc(C)cc1C.